The highest BCUT2D eigenvalue weighted by atomic mass is 16.3. The molecule has 66 valence electrons. The van der Waals surface area contributed by atoms with Crippen LogP contribution in [0, 0.1) is 6.92 Å². The molecule has 1 nitrogen and oxygen atoms in total. The largest absolute Gasteiger partial charge is 0.469 e. The lowest BCUT2D eigenvalue weighted by atomic mass is 9.87. The third-order valence-electron chi connectivity index (χ3n) is 2.76. The molecule has 0 saturated heterocycles. The van der Waals surface area contributed by atoms with E-state index in [1.807, 2.05) is 6.26 Å². The molecule has 1 saturated carbocycles. The monoisotopic (exact) mass is 164 g/mol. The van der Waals surface area contributed by atoms with Gasteiger partial charge in [-0.2, -0.15) is 0 Å². The zero-order valence-corrected chi connectivity index (χ0v) is 7.68. The van der Waals surface area contributed by atoms with Gasteiger partial charge in [0.1, 0.15) is 5.76 Å². The standard InChI is InChI=1S/C11H16O/c1-9-7-11(12-8-9)10-5-3-2-4-6-10/h7-8,10H,2-6H2,1H3. The Bertz CT molecular complexity index is 243. The summed E-state index contributed by atoms with van der Waals surface area (Å²) in [6.45, 7) is 2.09. The minimum Gasteiger partial charge on any atom is -0.469 e. The Morgan fingerprint density at radius 2 is 2.00 bits per heavy atom. The van der Waals surface area contributed by atoms with Crippen molar-refractivity contribution < 1.29 is 4.42 Å². The summed E-state index contributed by atoms with van der Waals surface area (Å²) in [4.78, 5) is 0. The second-order valence-electron chi connectivity index (χ2n) is 3.86. The van der Waals surface area contributed by atoms with Crippen LogP contribution >= 0.6 is 0 Å². The summed E-state index contributed by atoms with van der Waals surface area (Å²) < 4.78 is 5.50. The van der Waals surface area contributed by atoms with Crippen molar-refractivity contribution in [3.05, 3.63) is 23.7 Å². The van der Waals surface area contributed by atoms with Crippen LogP contribution in [0.4, 0.5) is 0 Å². The predicted molar refractivity (Wildman–Crippen MR) is 49.3 cm³/mol. The van der Waals surface area contributed by atoms with Gasteiger partial charge in [-0.05, 0) is 31.4 Å². The van der Waals surface area contributed by atoms with Gasteiger partial charge in [0.2, 0.25) is 0 Å². The first-order chi connectivity index (χ1) is 5.86. The van der Waals surface area contributed by atoms with E-state index in [1.165, 1.54) is 43.4 Å². The Labute approximate surface area is 73.8 Å². The van der Waals surface area contributed by atoms with Crippen LogP contribution in [0.15, 0.2) is 16.7 Å². The second kappa shape index (κ2) is 3.34. The van der Waals surface area contributed by atoms with Crippen LogP contribution in [0.3, 0.4) is 0 Å². The molecule has 0 spiro atoms. The number of aryl methyl sites for hydroxylation is 1. The van der Waals surface area contributed by atoms with Gasteiger partial charge in [-0.15, -0.1) is 0 Å². The summed E-state index contributed by atoms with van der Waals surface area (Å²) in [6, 6.07) is 2.19. The minimum atomic E-state index is 0.715. The number of hydrogen-bond donors (Lipinski definition) is 0. The molecule has 1 aliphatic carbocycles. The molecule has 1 fully saturated rings. The van der Waals surface area contributed by atoms with E-state index in [0.29, 0.717) is 5.92 Å². The lowest BCUT2D eigenvalue weighted by molar-refractivity contribution is 0.374. The van der Waals surface area contributed by atoms with Crippen LogP contribution in [0.2, 0.25) is 0 Å². The molecule has 0 aromatic carbocycles. The van der Waals surface area contributed by atoms with Crippen molar-refractivity contribution >= 4 is 0 Å². The maximum absolute atomic E-state index is 5.50. The minimum absolute atomic E-state index is 0.715. The maximum Gasteiger partial charge on any atom is 0.107 e. The molecule has 0 radical (unpaired) electrons. The second-order valence-corrected chi connectivity index (χ2v) is 3.86. The van der Waals surface area contributed by atoms with Gasteiger partial charge in [-0.3, -0.25) is 0 Å². The zero-order chi connectivity index (χ0) is 8.39. The van der Waals surface area contributed by atoms with Gasteiger partial charge in [0.05, 0.1) is 6.26 Å². The summed E-state index contributed by atoms with van der Waals surface area (Å²) in [5.41, 5.74) is 1.26. The molecular formula is C11H16O. The first kappa shape index (κ1) is 7.90. The van der Waals surface area contributed by atoms with Crippen molar-refractivity contribution in [3.63, 3.8) is 0 Å². The fourth-order valence-electron chi connectivity index (χ4n) is 2.05. The van der Waals surface area contributed by atoms with E-state index in [2.05, 4.69) is 13.0 Å². The Morgan fingerprint density at radius 1 is 1.25 bits per heavy atom. The molecule has 0 bridgehead atoms. The lowest BCUT2D eigenvalue weighted by Gasteiger charge is -2.18. The predicted octanol–water partition coefficient (Wildman–Crippen LogP) is 3.64. The Morgan fingerprint density at radius 3 is 2.58 bits per heavy atom. The average Bonchev–Trinajstić information content (AvgIpc) is 2.54. The van der Waals surface area contributed by atoms with Gasteiger partial charge in [-0.25, -0.2) is 0 Å². The Balaban J connectivity index is 2.08. The van der Waals surface area contributed by atoms with Gasteiger partial charge >= 0.3 is 0 Å². The summed E-state index contributed by atoms with van der Waals surface area (Å²) >= 11 is 0. The van der Waals surface area contributed by atoms with Crippen LogP contribution in [-0.4, -0.2) is 0 Å². The summed E-state index contributed by atoms with van der Waals surface area (Å²) in [5.74, 6) is 1.93. The molecule has 0 unspecified atom stereocenters. The number of furan rings is 1. The third kappa shape index (κ3) is 1.55. The molecular weight excluding hydrogens is 148 g/mol. The van der Waals surface area contributed by atoms with Crippen LogP contribution < -0.4 is 0 Å². The average molecular weight is 164 g/mol. The van der Waals surface area contributed by atoms with E-state index < -0.39 is 0 Å². The molecule has 1 aromatic heterocycles. The topological polar surface area (TPSA) is 13.1 Å². The van der Waals surface area contributed by atoms with Gasteiger partial charge in [0, 0.05) is 5.92 Å². The highest BCUT2D eigenvalue weighted by Gasteiger charge is 2.17. The highest BCUT2D eigenvalue weighted by Crippen LogP contribution is 2.33. The normalized spacial score (nSPS) is 19.8. The molecule has 0 amide bonds. The van der Waals surface area contributed by atoms with Gasteiger partial charge in [-0.1, -0.05) is 19.3 Å². The summed E-state index contributed by atoms with van der Waals surface area (Å²) in [7, 11) is 0. The number of hydrogen-bond acceptors (Lipinski definition) is 1. The van der Waals surface area contributed by atoms with Crippen molar-refractivity contribution in [3.8, 4) is 0 Å². The molecule has 1 heteroatoms. The number of rotatable bonds is 1. The molecule has 0 atom stereocenters. The quantitative estimate of drug-likeness (QED) is 0.617. The Hall–Kier alpha value is -0.720. The molecule has 2 rings (SSSR count). The van der Waals surface area contributed by atoms with Crippen LogP contribution in [0.25, 0.3) is 0 Å². The van der Waals surface area contributed by atoms with Crippen molar-refractivity contribution in [1.29, 1.82) is 0 Å². The van der Waals surface area contributed by atoms with Gasteiger partial charge in [0.25, 0.3) is 0 Å². The summed E-state index contributed by atoms with van der Waals surface area (Å²) in [6.07, 6.45) is 8.69. The zero-order valence-electron chi connectivity index (χ0n) is 7.68. The third-order valence-corrected chi connectivity index (χ3v) is 2.76. The van der Waals surface area contributed by atoms with E-state index in [0.717, 1.165) is 0 Å². The SMILES string of the molecule is Cc1coc(C2CCCCC2)c1. The molecule has 0 N–H and O–H groups in total. The highest BCUT2D eigenvalue weighted by molar-refractivity contribution is 5.14. The van der Waals surface area contributed by atoms with E-state index in [-0.39, 0.29) is 0 Å². The van der Waals surface area contributed by atoms with Crippen molar-refractivity contribution in [1.82, 2.24) is 0 Å². The molecule has 12 heavy (non-hydrogen) atoms. The fourth-order valence-corrected chi connectivity index (χ4v) is 2.05. The molecule has 1 heterocycles. The van der Waals surface area contributed by atoms with Crippen molar-refractivity contribution in [2.24, 2.45) is 0 Å². The van der Waals surface area contributed by atoms with E-state index in [1.54, 1.807) is 0 Å². The molecule has 1 aliphatic rings. The van der Waals surface area contributed by atoms with E-state index in [9.17, 15) is 0 Å². The molecule has 0 aliphatic heterocycles. The van der Waals surface area contributed by atoms with Crippen molar-refractivity contribution in [2.75, 3.05) is 0 Å². The van der Waals surface area contributed by atoms with Gasteiger partial charge in [0.15, 0.2) is 0 Å². The van der Waals surface area contributed by atoms with E-state index >= 15 is 0 Å². The van der Waals surface area contributed by atoms with Crippen LogP contribution in [0.1, 0.15) is 49.3 Å². The Kier molecular flexibility index (Phi) is 2.20. The summed E-state index contributed by atoms with van der Waals surface area (Å²) in [5, 5.41) is 0. The first-order valence-corrected chi connectivity index (χ1v) is 4.91. The maximum atomic E-state index is 5.50. The lowest BCUT2D eigenvalue weighted by Crippen LogP contribution is -2.02. The fraction of sp³-hybridized carbons (Fsp3) is 0.636. The van der Waals surface area contributed by atoms with Gasteiger partial charge < -0.3 is 4.42 Å². The van der Waals surface area contributed by atoms with E-state index in [4.69, 9.17) is 4.42 Å². The molecule has 1 aromatic rings. The van der Waals surface area contributed by atoms with Crippen LogP contribution in [0.5, 0.6) is 0 Å². The smallest absolute Gasteiger partial charge is 0.107 e. The van der Waals surface area contributed by atoms with Crippen molar-refractivity contribution in [2.45, 2.75) is 44.9 Å². The first-order valence-electron chi connectivity index (χ1n) is 4.91. The van der Waals surface area contributed by atoms with Crippen LogP contribution in [-0.2, 0) is 0 Å².